The summed E-state index contributed by atoms with van der Waals surface area (Å²) in [5.41, 5.74) is 0.870. The molecule has 1 aliphatic rings. The Morgan fingerprint density at radius 2 is 2.07 bits per heavy atom. The van der Waals surface area contributed by atoms with Crippen molar-refractivity contribution in [2.75, 3.05) is 13.2 Å². The second-order valence-corrected chi connectivity index (χ2v) is 7.81. The first-order valence-electron chi connectivity index (χ1n) is 9.25. The summed E-state index contributed by atoms with van der Waals surface area (Å²) in [4.78, 5) is 10.5. The quantitative estimate of drug-likeness (QED) is 0.448. The molecule has 7 nitrogen and oxygen atoms in total. The molecule has 150 valence electrons. The van der Waals surface area contributed by atoms with E-state index in [4.69, 9.17) is 9.47 Å². The summed E-state index contributed by atoms with van der Waals surface area (Å²) in [7, 11) is 0. The molecule has 0 spiro atoms. The number of nitro groups is 1. The van der Waals surface area contributed by atoms with Crippen LogP contribution >= 0.6 is 0 Å². The highest BCUT2D eigenvalue weighted by Crippen LogP contribution is 2.39. The molecule has 0 saturated carbocycles. The zero-order valence-electron chi connectivity index (χ0n) is 16.6. The van der Waals surface area contributed by atoms with Gasteiger partial charge in [-0.25, -0.2) is 0 Å². The number of rotatable bonds is 6. The van der Waals surface area contributed by atoms with Crippen molar-refractivity contribution in [1.82, 2.24) is 5.32 Å². The minimum Gasteiger partial charge on any atom is -0.493 e. The first-order valence-corrected chi connectivity index (χ1v) is 9.25. The number of fused-ring (bicyclic) bond motifs is 1. The summed E-state index contributed by atoms with van der Waals surface area (Å²) >= 11 is 0. The molecule has 1 unspecified atom stereocenters. The number of hydrogen-bond donors (Lipinski definition) is 2. The van der Waals surface area contributed by atoms with Crippen molar-refractivity contribution in [3.8, 4) is 11.5 Å². The van der Waals surface area contributed by atoms with E-state index < -0.39 is 16.2 Å². The topological polar surface area (TPSA) is 93.9 Å². The standard InChI is InChI=1S/C21H26N2O5/c1-14-10-15(2)19-18(11-14)21(24,8-9-27-19)13-22-20(3,4)28-17-7-5-6-16(12-17)23(25)26/h5-7,10-12,22,24H,8-9,13H2,1-4H3. The van der Waals surface area contributed by atoms with E-state index in [1.807, 2.05) is 39.8 Å². The molecule has 1 heterocycles. The lowest BCUT2D eigenvalue weighted by Gasteiger charge is -2.38. The first kappa shape index (κ1) is 20.1. The Kier molecular flexibility index (Phi) is 5.32. The number of nitrogens with one attached hydrogen (secondary N) is 1. The van der Waals surface area contributed by atoms with Gasteiger partial charge in [0.15, 0.2) is 5.72 Å². The average molecular weight is 386 g/mol. The van der Waals surface area contributed by atoms with E-state index in [1.165, 1.54) is 12.1 Å². The summed E-state index contributed by atoms with van der Waals surface area (Å²) < 4.78 is 11.7. The summed E-state index contributed by atoms with van der Waals surface area (Å²) in [5.74, 6) is 1.12. The van der Waals surface area contributed by atoms with Crippen LogP contribution in [0.5, 0.6) is 11.5 Å². The molecule has 2 aromatic rings. The van der Waals surface area contributed by atoms with Crippen LogP contribution in [-0.4, -0.2) is 28.9 Å². The molecule has 1 aliphatic heterocycles. The van der Waals surface area contributed by atoms with Crippen molar-refractivity contribution in [1.29, 1.82) is 0 Å². The third-order valence-electron chi connectivity index (χ3n) is 4.89. The van der Waals surface area contributed by atoms with Gasteiger partial charge in [0.2, 0.25) is 0 Å². The number of ether oxygens (including phenoxy) is 2. The smallest absolute Gasteiger partial charge is 0.273 e. The van der Waals surface area contributed by atoms with Gasteiger partial charge in [0, 0.05) is 24.6 Å². The number of non-ortho nitro benzene ring substituents is 1. The predicted octanol–water partition coefficient (Wildman–Crippen LogP) is 3.59. The van der Waals surface area contributed by atoms with E-state index in [1.54, 1.807) is 12.1 Å². The van der Waals surface area contributed by atoms with Crippen molar-refractivity contribution in [3.05, 3.63) is 63.2 Å². The van der Waals surface area contributed by atoms with Crippen LogP contribution in [0.4, 0.5) is 5.69 Å². The number of benzene rings is 2. The van der Waals surface area contributed by atoms with Gasteiger partial charge in [-0.05, 0) is 45.4 Å². The summed E-state index contributed by atoms with van der Waals surface area (Å²) in [6.07, 6.45) is 0.461. The monoisotopic (exact) mass is 386 g/mol. The molecule has 0 fully saturated rings. The lowest BCUT2D eigenvalue weighted by Crippen LogP contribution is -2.52. The summed E-state index contributed by atoms with van der Waals surface area (Å²) in [5, 5.41) is 25.5. The largest absolute Gasteiger partial charge is 0.493 e. The van der Waals surface area contributed by atoms with Gasteiger partial charge in [-0.2, -0.15) is 0 Å². The Hall–Kier alpha value is -2.64. The Morgan fingerprint density at radius 3 is 2.79 bits per heavy atom. The number of nitro benzene ring substituents is 1. The van der Waals surface area contributed by atoms with Crippen LogP contribution in [0, 0.1) is 24.0 Å². The van der Waals surface area contributed by atoms with Crippen LogP contribution in [-0.2, 0) is 5.60 Å². The SMILES string of the molecule is Cc1cc(C)c2c(c1)C(O)(CNC(C)(C)Oc1cccc([N+](=O)[O-])c1)CCO2. The van der Waals surface area contributed by atoms with Crippen LogP contribution in [0.2, 0.25) is 0 Å². The number of nitrogens with zero attached hydrogens (tertiary/aromatic N) is 1. The number of aliphatic hydroxyl groups is 1. The van der Waals surface area contributed by atoms with Gasteiger partial charge in [-0.1, -0.05) is 17.7 Å². The fourth-order valence-electron chi connectivity index (χ4n) is 3.48. The molecule has 0 aromatic heterocycles. The molecule has 0 radical (unpaired) electrons. The molecule has 28 heavy (non-hydrogen) atoms. The maximum Gasteiger partial charge on any atom is 0.273 e. The molecular formula is C21H26N2O5. The van der Waals surface area contributed by atoms with Crippen molar-refractivity contribution < 1.29 is 19.5 Å². The molecule has 0 bridgehead atoms. The van der Waals surface area contributed by atoms with Crippen molar-refractivity contribution in [2.45, 2.75) is 45.4 Å². The van der Waals surface area contributed by atoms with Crippen LogP contribution in [0.1, 0.15) is 37.0 Å². The zero-order chi connectivity index (χ0) is 20.5. The molecule has 3 rings (SSSR count). The van der Waals surface area contributed by atoms with E-state index in [9.17, 15) is 15.2 Å². The normalized spacial score (nSPS) is 18.9. The molecular weight excluding hydrogens is 360 g/mol. The second kappa shape index (κ2) is 7.41. The van der Waals surface area contributed by atoms with Gasteiger partial charge in [-0.3, -0.25) is 15.4 Å². The Morgan fingerprint density at radius 1 is 1.32 bits per heavy atom. The molecule has 2 aromatic carbocycles. The molecule has 0 amide bonds. The minimum absolute atomic E-state index is 0.0313. The maximum atomic E-state index is 11.3. The first-order chi connectivity index (χ1) is 13.1. The molecule has 2 N–H and O–H groups in total. The fraction of sp³-hybridized carbons (Fsp3) is 0.429. The van der Waals surface area contributed by atoms with Gasteiger partial charge in [0.25, 0.3) is 5.69 Å². The molecule has 0 saturated heterocycles. The van der Waals surface area contributed by atoms with Gasteiger partial charge in [0.1, 0.15) is 17.1 Å². The van der Waals surface area contributed by atoms with Gasteiger partial charge < -0.3 is 14.6 Å². The average Bonchev–Trinajstić information content (AvgIpc) is 2.61. The van der Waals surface area contributed by atoms with Crippen LogP contribution in [0.15, 0.2) is 36.4 Å². The van der Waals surface area contributed by atoms with Crippen LogP contribution < -0.4 is 14.8 Å². The Labute approximate surface area is 164 Å². The lowest BCUT2D eigenvalue weighted by molar-refractivity contribution is -0.385. The lowest BCUT2D eigenvalue weighted by atomic mass is 9.85. The third kappa shape index (κ3) is 4.26. The van der Waals surface area contributed by atoms with E-state index in [0.29, 0.717) is 18.8 Å². The highest BCUT2D eigenvalue weighted by Gasteiger charge is 2.38. The van der Waals surface area contributed by atoms with E-state index in [0.717, 1.165) is 22.4 Å². The number of aryl methyl sites for hydroxylation is 2. The summed E-state index contributed by atoms with van der Waals surface area (Å²) in [6, 6.07) is 10.0. The maximum absolute atomic E-state index is 11.3. The Bertz CT molecular complexity index is 896. The predicted molar refractivity (Wildman–Crippen MR) is 106 cm³/mol. The van der Waals surface area contributed by atoms with Crippen LogP contribution in [0.25, 0.3) is 0 Å². The van der Waals surface area contributed by atoms with Crippen molar-refractivity contribution in [3.63, 3.8) is 0 Å². The molecule has 0 aliphatic carbocycles. The highest BCUT2D eigenvalue weighted by molar-refractivity contribution is 5.48. The van der Waals surface area contributed by atoms with Crippen molar-refractivity contribution in [2.24, 2.45) is 0 Å². The second-order valence-electron chi connectivity index (χ2n) is 7.81. The van der Waals surface area contributed by atoms with E-state index in [-0.39, 0.29) is 12.2 Å². The van der Waals surface area contributed by atoms with Gasteiger partial charge >= 0.3 is 0 Å². The number of hydrogen-bond acceptors (Lipinski definition) is 6. The summed E-state index contributed by atoms with van der Waals surface area (Å²) in [6.45, 7) is 8.29. The van der Waals surface area contributed by atoms with Gasteiger partial charge in [-0.15, -0.1) is 0 Å². The van der Waals surface area contributed by atoms with Crippen LogP contribution in [0.3, 0.4) is 0 Å². The molecule has 7 heteroatoms. The van der Waals surface area contributed by atoms with E-state index in [2.05, 4.69) is 5.32 Å². The van der Waals surface area contributed by atoms with Gasteiger partial charge in [0.05, 0.1) is 17.6 Å². The fourth-order valence-corrected chi connectivity index (χ4v) is 3.48. The third-order valence-corrected chi connectivity index (χ3v) is 4.89. The van der Waals surface area contributed by atoms with Crippen molar-refractivity contribution >= 4 is 5.69 Å². The minimum atomic E-state index is -1.09. The van der Waals surface area contributed by atoms with E-state index >= 15 is 0 Å². The molecule has 1 atom stereocenters. The zero-order valence-corrected chi connectivity index (χ0v) is 16.6. The Balaban J connectivity index is 1.76. The highest BCUT2D eigenvalue weighted by atomic mass is 16.6.